The van der Waals surface area contributed by atoms with E-state index in [1.807, 2.05) is 30.3 Å². The Kier molecular flexibility index (Phi) is 5.62. The summed E-state index contributed by atoms with van der Waals surface area (Å²) in [6.07, 6.45) is 1.34. The predicted octanol–water partition coefficient (Wildman–Crippen LogP) is 1.36. The Morgan fingerprint density at radius 1 is 1.19 bits per heavy atom. The van der Waals surface area contributed by atoms with E-state index in [-0.39, 0.29) is 41.8 Å². The Morgan fingerprint density at radius 3 is 2.72 bits per heavy atom. The summed E-state index contributed by atoms with van der Waals surface area (Å²) in [5.41, 5.74) is 2.30. The van der Waals surface area contributed by atoms with Crippen LogP contribution in [0.2, 0.25) is 0 Å². The van der Waals surface area contributed by atoms with E-state index in [0.717, 1.165) is 0 Å². The van der Waals surface area contributed by atoms with Crippen LogP contribution in [0.15, 0.2) is 63.2 Å². The van der Waals surface area contributed by atoms with Gasteiger partial charge >= 0.3 is 5.69 Å². The molecule has 32 heavy (non-hydrogen) atoms. The van der Waals surface area contributed by atoms with Crippen molar-refractivity contribution in [2.45, 2.75) is 6.54 Å². The fourth-order valence-corrected chi connectivity index (χ4v) is 3.11. The number of fused-ring (bicyclic) bond motifs is 1. The number of nitrogens with one attached hydrogen (secondary N) is 2. The predicted molar refractivity (Wildman–Crippen MR) is 119 cm³/mol. The van der Waals surface area contributed by atoms with Gasteiger partial charge in [0, 0.05) is 18.7 Å². The number of aromatic nitrogens is 4. The van der Waals surface area contributed by atoms with Crippen molar-refractivity contribution in [3.63, 3.8) is 0 Å². The topological polar surface area (TPSA) is 147 Å². The molecule has 0 aliphatic heterocycles. The van der Waals surface area contributed by atoms with E-state index >= 15 is 0 Å². The van der Waals surface area contributed by atoms with Crippen LogP contribution in [0, 0.1) is 0 Å². The third kappa shape index (κ3) is 4.17. The van der Waals surface area contributed by atoms with Crippen LogP contribution in [0.5, 0.6) is 17.2 Å². The molecule has 2 aromatic heterocycles. The lowest BCUT2D eigenvalue weighted by Crippen LogP contribution is -2.29. The maximum Gasteiger partial charge on any atom is 0.329 e. The van der Waals surface area contributed by atoms with Crippen LogP contribution in [-0.4, -0.2) is 42.1 Å². The molecule has 2 heterocycles. The van der Waals surface area contributed by atoms with Crippen LogP contribution < -0.4 is 21.4 Å². The summed E-state index contributed by atoms with van der Waals surface area (Å²) < 4.78 is 8.51. The van der Waals surface area contributed by atoms with E-state index in [1.165, 1.54) is 36.0 Å². The number of phenolic OH excluding ortho intramolecular Hbond substituents is 2. The first-order valence-corrected chi connectivity index (χ1v) is 9.62. The fraction of sp³-hybridized carbons (Fsp3) is 0.143. The Balaban J connectivity index is 1.65. The van der Waals surface area contributed by atoms with Crippen molar-refractivity contribution in [3.05, 3.63) is 74.9 Å². The van der Waals surface area contributed by atoms with E-state index in [1.54, 1.807) is 4.57 Å². The van der Waals surface area contributed by atoms with Crippen LogP contribution in [0.3, 0.4) is 0 Å². The minimum atomic E-state index is -0.586. The van der Waals surface area contributed by atoms with Gasteiger partial charge in [0.1, 0.15) is 23.9 Å². The largest absolute Gasteiger partial charge is 0.508 e. The van der Waals surface area contributed by atoms with Gasteiger partial charge in [0.25, 0.3) is 5.56 Å². The monoisotopic (exact) mass is 436 g/mol. The quantitative estimate of drug-likeness (QED) is 0.253. The van der Waals surface area contributed by atoms with Gasteiger partial charge in [-0.05, 0) is 24.3 Å². The highest BCUT2D eigenvalue weighted by Crippen LogP contribution is 2.21. The highest BCUT2D eigenvalue weighted by molar-refractivity contribution is 5.84. The van der Waals surface area contributed by atoms with Crippen LogP contribution in [0.25, 0.3) is 11.2 Å². The lowest BCUT2D eigenvalue weighted by Gasteiger charge is -2.10. The van der Waals surface area contributed by atoms with Crippen LogP contribution in [0.1, 0.15) is 5.56 Å². The Hall–Kier alpha value is -4.54. The normalized spacial score (nSPS) is 11.3. The molecule has 0 atom stereocenters. The number of phenols is 2. The first kappa shape index (κ1) is 20.7. The van der Waals surface area contributed by atoms with Crippen molar-refractivity contribution in [3.8, 4) is 17.2 Å². The van der Waals surface area contributed by atoms with Gasteiger partial charge in [-0.2, -0.15) is 10.1 Å². The van der Waals surface area contributed by atoms with Crippen molar-refractivity contribution < 1.29 is 14.9 Å². The Bertz CT molecular complexity index is 1400. The molecule has 164 valence electrons. The summed E-state index contributed by atoms with van der Waals surface area (Å²) in [5.74, 6) is 0.651. The first-order chi connectivity index (χ1) is 15.4. The molecule has 0 radical (unpaired) electrons. The third-order valence-corrected chi connectivity index (χ3v) is 4.72. The molecule has 0 unspecified atom stereocenters. The number of benzene rings is 2. The molecule has 0 saturated heterocycles. The van der Waals surface area contributed by atoms with Gasteiger partial charge in [0.2, 0.25) is 5.95 Å². The summed E-state index contributed by atoms with van der Waals surface area (Å²) in [4.78, 5) is 31.1. The van der Waals surface area contributed by atoms with Crippen molar-refractivity contribution >= 4 is 23.3 Å². The number of hydrogen-bond acceptors (Lipinski definition) is 8. The number of hydrogen-bond donors (Lipinski definition) is 4. The van der Waals surface area contributed by atoms with E-state index in [2.05, 4.69) is 20.5 Å². The number of nitrogens with zero attached hydrogens (tertiary/aromatic N) is 4. The molecule has 4 N–H and O–H groups in total. The molecule has 2 aromatic carbocycles. The van der Waals surface area contributed by atoms with Gasteiger partial charge in [0.15, 0.2) is 11.2 Å². The van der Waals surface area contributed by atoms with E-state index in [0.29, 0.717) is 11.3 Å². The second-order valence-electron chi connectivity index (χ2n) is 6.85. The number of ether oxygens (including phenoxy) is 1. The second-order valence-corrected chi connectivity index (χ2v) is 6.85. The number of aryl methyl sites for hydroxylation is 1. The van der Waals surface area contributed by atoms with E-state index < -0.39 is 11.2 Å². The van der Waals surface area contributed by atoms with Gasteiger partial charge < -0.3 is 14.9 Å². The third-order valence-electron chi connectivity index (χ3n) is 4.72. The maximum absolute atomic E-state index is 12.5. The molecule has 0 bridgehead atoms. The van der Waals surface area contributed by atoms with Crippen molar-refractivity contribution in [1.29, 1.82) is 0 Å². The minimum Gasteiger partial charge on any atom is -0.508 e. The zero-order valence-electron chi connectivity index (χ0n) is 17.0. The highest BCUT2D eigenvalue weighted by atomic mass is 16.5. The molecule has 0 fully saturated rings. The summed E-state index contributed by atoms with van der Waals surface area (Å²) in [6, 6.07) is 13.3. The van der Waals surface area contributed by atoms with Crippen LogP contribution in [0.4, 0.5) is 5.95 Å². The molecule has 11 heteroatoms. The maximum atomic E-state index is 12.5. The van der Waals surface area contributed by atoms with Crippen molar-refractivity contribution in [2.24, 2.45) is 12.1 Å². The number of anilines is 1. The van der Waals surface area contributed by atoms with Crippen molar-refractivity contribution in [2.75, 3.05) is 12.0 Å². The number of para-hydroxylation sites is 1. The number of rotatable bonds is 7. The number of aromatic amines is 1. The molecule has 0 saturated carbocycles. The zero-order chi connectivity index (χ0) is 22.7. The standard InChI is InChI=1S/C21H20N6O5/c1-26-18-17(19(30)24-21(26)31)27(9-10-32-15-5-3-2-4-6-15)20(23-18)25-22-12-13-7-8-14(28)11-16(13)29/h2-8,11-12,28-29H,9-10H2,1H3,(H,23,25)(H,24,30,31)/b22-12-. The Morgan fingerprint density at radius 2 is 1.97 bits per heavy atom. The van der Waals surface area contributed by atoms with Gasteiger partial charge in [-0.3, -0.25) is 18.9 Å². The molecule has 0 aliphatic carbocycles. The van der Waals surface area contributed by atoms with Gasteiger partial charge in [0.05, 0.1) is 12.8 Å². The molecular formula is C21H20N6O5. The molecular weight excluding hydrogens is 416 g/mol. The molecule has 0 aliphatic rings. The summed E-state index contributed by atoms with van der Waals surface area (Å²) in [5, 5.41) is 23.3. The average molecular weight is 436 g/mol. The fourth-order valence-electron chi connectivity index (χ4n) is 3.11. The number of hydrazone groups is 1. The lowest BCUT2D eigenvalue weighted by atomic mass is 10.2. The average Bonchev–Trinajstić information content (AvgIpc) is 3.13. The summed E-state index contributed by atoms with van der Waals surface area (Å²) in [7, 11) is 1.50. The molecule has 0 amide bonds. The lowest BCUT2D eigenvalue weighted by molar-refractivity contribution is 0.301. The van der Waals surface area contributed by atoms with Crippen LogP contribution >= 0.6 is 0 Å². The Labute approximate surface area is 180 Å². The highest BCUT2D eigenvalue weighted by Gasteiger charge is 2.17. The van der Waals surface area contributed by atoms with E-state index in [4.69, 9.17) is 4.74 Å². The molecule has 4 rings (SSSR count). The van der Waals surface area contributed by atoms with Crippen molar-refractivity contribution in [1.82, 2.24) is 19.1 Å². The minimum absolute atomic E-state index is 0.0760. The van der Waals surface area contributed by atoms with E-state index in [9.17, 15) is 19.8 Å². The molecule has 11 nitrogen and oxygen atoms in total. The summed E-state index contributed by atoms with van der Waals surface area (Å²) >= 11 is 0. The van der Waals surface area contributed by atoms with Gasteiger partial charge in [-0.1, -0.05) is 18.2 Å². The summed E-state index contributed by atoms with van der Waals surface area (Å²) in [6.45, 7) is 0.476. The molecule has 0 spiro atoms. The molecule has 4 aromatic rings. The van der Waals surface area contributed by atoms with Gasteiger partial charge in [-0.25, -0.2) is 10.2 Å². The number of H-pyrrole nitrogens is 1. The van der Waals surface area contributed by atoms with Crippen LogP contribution in [-0.2, 0) is 13.6 Å². The van der Waals surface area contributed by atoms with Gasteiger partial charge in [-0.15, -0.1) is 0 Å². The number of imidazole rings is 1. The number of aromatic hydroxyl groups is 2. The zero-order valence-corrected chi connectivity index (χ0v) is 17.0. The first-order valence-electron chi connectivity index (χ1n) is 9.62. The second kappa shape index (κ2) is 8.68. The SMILES string of the molecule is Cn1c(=O)[nH]c(=O)c2c1nc(N/N=C\c1ccc(O)cc1O)n2CCOc1ccccc1. The smallest absolute Gasteiger partial charge is 0.329 e.